The van der Waals surface area contributed by atoms with Gasteiger partial charge in [0, 0.05) is 6.20 Å². The number of amides is 1. The van der Waals surface area contributed by atoms with Crippen LogP contribution in [0.15, 0.2) is 18.3 Å². The van der Waals surface area contributed by atoms with Crippen LogP contribution < -0.4 is 5.32 Å². The first-order valence-corrected chi connectivity index (χ1v) is 5.74. The van der Waals surface area contributed by atoms with Gasteiger partial charge in [0.05, 0.1) is 11.6 Å². The van der Waals surface area contributed by atoms with Gasteiger partial charge in [-0.15, -0.1) is 10.2 Å². The Morgan fingerprint density at radius 3 is 2.94 bits per heavy atom. The van der Waals surface area contributed by atoms with Gasteiger partial charge < -0.3 is 5.32 Å². The standard InChI is InChI=1S/C10H11ClN6O/c1-2-7(9-14-16-17-15-9)13-10(18)6-3-4-8(11)12-5-6/h3-5,7H,2H2,1H3,(H,13,18)(H,14,15,16,17). The molecule has 1 atom stereocenters. The highest BCUT2D eigenvalue weighted by atomic mass is 35.5. The minimum Gasteiger partial charge on any atom is -0.342 e. The second-order valence-electron chi connectivity index (χ2n) is 3.57. The molecule has 1 unspecified atom stereocenters. The second kappa shape index (κ2) is 5.54. The molecule has 0 radical (unpaired) electrons. The van der Waals surface area contributed by atoms with Crippen LogP contribution in [0.3, 0.4) is 0 Å². The molecule has 8 heteroatoms. The van der Waals surface area contributed by atoms with Crippen LogP contribution >= 0.6 is 11.6 Å². The summed E-state index contributed by atoms with van der Waals surface area (Å²) in [6.45, 7) is 1.92. The molecule has 18 heavy (non-hydrogen) atoms. The van der Waals surface area contributed by atoms with Crippen LogP contribution in [0.25, 0.3) is 0 Å². The Labute approximate surface area is 108 Å². The lowest BCUT2D eigenvalue weighted by Crippen LogP contribution is -2.29. The summed E-state index contributed by atoms with van der Waals surface area (Å²) in [5, 5.41) is 16.7. The first kappa shape index (κ1) is 12.4. The quantitative estimate of drug-likeness (QED) is 0.809. The molecule has 2 aromatic rings. The first-order valence-electron chi connectivity index (χ1n) is 5.36. The van der Waals surface area contributed by atoms with Crippen LogP contribution in [0.4, 0.5) is 0 Å². The number of aromatic amines is 1. The predicted octanol–water partition coefficient (Wildman–Crippen LogP) is 1.13. The lowest BCUT2D eigenvalue weighted by atomic mass is 10.2. The van der Waals surface area contributed by atoms with Crippen molar-refractivity contribution in [1.29, 1.82) is 0 Å². The Hall–Kier alpha value is -2.02. The van der Waals surface area contributed by atoms with Crippen LogP contribution in [0.1, 0.15) is 35.6 Å². The number of hydrogen-bond donors (Lipinski definition) is 2. The van der Waals surface area contributed by atoms with Gasteiger partial charge in [-0.05, 0) is 18.6 Å². The Balaban J connectivity index is 2.08. The summed E-state index contributed by atoms with van der Waals surface area (Å²) in [7, 11) is 0. The fourth-order valence-electron chi connectivity index (χ4n) is 1.42. The monoisotopic (exact) mass is 266 g/mol. The molecule has 0 saturated carbocycles. The average molecular weight is 267 g/mol. The molecule has 0 aliphatic carbocycles. The number of tetrazole rings is 1. The summed E-state index contributed by atoms with van der Waals surface area (Å²) in [5.74, 6) is 0.198. The molecule has 0 saturated heterocycles. The number of nitrogens with one attached hydrogen (secondary N) is 2. The predicted molar refractivity (Wildman–Crippen MR) is 63.9 cm³/mol. The summed E-state index contributed by atoms with van der Waals surface area (Å²) >= 11 is 5.66. The zero-order valence-electron chi connectivity index (χ0n) is 9.59. The van der Waals surface area contributed by atoms with E-state index in [0.29, 0.717) is 23.0 Å². The highest BCUT2D eigenvalue weighted by Crippen LogP contribution is 2.12. The van der Waals surface area contributed by atoms with Crippen molar-refractivity contribution in [2.24, 2.45) is 0 Å². The van der Waals surface area contributed by atoms with Crippen molar-refractivity contribution in [3.63, 3.8) is 0 Å². The van der Waals surface area contributed by atoms with E-state index in [-0.39, 0.29) is 11.9 Å². The molecule has 94 valence electrons. The van der Waals surface area contributed by atoms with Crippen molar-refractivity contribution in [2.45, 2.75) is 19.4 Å². The van der Waals surface area contributed by atoms with Crippen molar-refractivity contribution in [2.75, 3.05) is 0 Å². The van der Waals surface area contributed by atoms with E-state index < -0.39 is 0 Å². The zero-order valence-corrected chi connectivity index (χ0v) is 10.3. The lowest BCUT2D eigenvalue weighted by Gasteiger charge is -2.12. The van der Waals surface area contributed by atoms with Gasteiger partial charge in [-0.3, -0.25) is 4.79 Å². The largest absolute Gasteiger partial charge is 0.342 e. The van der Waals surface area contributed by atoms with Gasteiger partial charge in [-0.1, -0.05) is 23.7 Å². The van der Waals surface area contributed by atoms with Crippen LogP contribution in [0.5, 0.6) is 0 Å². The van der Waals surface area contributed by atoms with E-state index in [2.05, 4.69) is 30.9 Å². The van der Waals surface area contributed by atoms with Crippen molar-refractivity contribution in [3.05, 3.63) is 34.9 Å². The van der Waals surface area contributed by atoms with E-state index in [1.807, 2.05) is 6.92 Å². The Kier molecular flexibility index (Phi) is 3.83. The molecule has 0 bridgehead atoms. The van der Waals surface area contributed by atoms with Crippen LogP contribution in [0.2, 0.25) is 5.15 Å². The maximum absolute atomic E-state index is 11.9. The molecular weight excluding hydrogens is 256 g/mol. The lowest BCUT2D eigenvalue weighted by molar-refractivity contribution is 0.0933. The molecule has 7 nitrogen and oxygen atoms in total. The van der Waals surface area contributed by atoms with Crippen molar-refractivity contribution in [3.8, 4) is 0 Å². The van der Waals surface area contributed by atoms with E-state index in [1.165, 1.54) is 6.20 Å². The molecule has 2 aromatic heterocycles. The highest BCUT2D eigenvalue weighted by molar-refractivity contribution is 6.29. The Bertz CT molecular complexity index is 512. The molecule has 0 aromatic carbocycles. The van der Waals surface area contributed by atoms with Crippen LogP contribution in [-0.4, -0.2) is 31.5 Å². The number of rotatable bonds is 4. The third-order valence-electron chi connectivity index (χ3n) is 2.38. The van der Waals surface area contributed by atoms with E-state index in [0.717, 1.165) is 0 Å². The first-order chi connectivity index (χ1) is 8.70. The van der Waals surface area contributed by atoms with Gasteiger partial charge in [0.2, 0.25) is 0 Å². The third-order valence-corrected chi connectivity index (χ3v) is 2.60. The molecule has 0 fully saturated rings. The minimum atomic E-state index is -0.285. The summed E-state index contributed by atoms with van der Waals surface area (Å²) in [5.41, 5.74) is 0.432. The smallest absolute Gasteiger partial charge is 0.253 e. The number of carbonyl (C=O) groups is 1. The van der Waals surface area contributed by atoms with Crippen molar-refractivity contribution in [1.82, 2.24) is 30.9 Å². The fourth-order valence-corrected chi connectivity index (χ4v) is 1.53. The fraction of sp³-hybridized carbons (Fsp3) is 0.300. The number of nitrogens with zero attached hydrogens (tertiary/aromatic N) is 4. The van der Waals surface area contributed by atoms with Gasteiger partial charge in [0.25, 0.3) is 5.91 Å². The number of H-pyrrole nitrogens is 1. The molecule has 1 amide bonds. The Morgan fingerprint density at radius 1 is 1.56 bits per heavy atom. The minimum absolute atomic E-state index is 0.254. The second-order valence-corrected chi connectivity index (χ2v) is 3.96. The van der Waals surface area contributed by atoms with Gasteiger partial charge in [0.1, 0.15) is 5.15 Å². The molecular formula is C10H11ClN6O. The van der Waals surface area contributed by atoms with Gasteiger partial charge >= 0.3 is 0 Å². The highest BCUT2D eigenvalue weighted by Gasteiger charge is 2.17. The molecule has 2 N–H and O–H groups in total. The molecule has 0 spiro atoms. The maximum Gasteiger partial charge on any atom is 0.253 e. The summed E-state index contributed by atoms with van der Waals surface area (Å²) in [6.07, 6.45) is 2.08. The van der Waals surface area contributed by atoms with E-state index in [9.17, 15) is 4.79 Å². The summed E-state index contributed by atoms with van der Waals surface area (Å²) in [6, 6.07) is 2.88. The number of hydrogen-bond acceptors (Lipinski definition) is 5. The van der Waals surface area contributed by atoms with Gasteiger partial charge in [-0.25, -0.2) is 4.98 Å². The number of carbonyl (C=O) groups excluding carboxylic acids is 1. The number of aromatic nitrogens is 5. The van der Waals surface area contributed by atoms with Crippen molar-refractivity contribution >= 4 is 17.5 Å². The molecule has 2 heterocycles. The normalized spacial score (nSPS) is 12.1. The topological polar surface area (TPSA) is 96.5 Å². The number of halogens is 1. The van der Waals surface area contributed by atoms with Crippen molar-refractivity contribution < 1.29 is 4.79 Å². The summed E-state index contributed by atoms with van der Waals surface area (Å²) < 4.78 is 0. The van der Waals surface area contributed by atoms with E-state index in [4.69, 9.17) is 11.6 Å². The molecule has 2 rings (SSSR count). The van der Waals surface area contributed by atoms with E-state index in [1.54, 1.807) is 12.1 Å². The SMILES string of the molecule is CCC(NC(=O)c1ccc(Cl)nc1)c1nn[nH]n1. The van der Waals surface area contributed by atoms with Crippen LogP contribution in [0, 0.1) is 0 Å². The number of pyridine rings is 1. The third kappa shape index (κ3) is 2.80. The van der Waals surface area contributed by atoms with E-state index >= 15 is 0 Å². The summed E-state index contributed by atoms with van der Waals surface area (Å²) in [4.78, 5) is 15.8. The Morgan fingerprint density at radius 2 is 2.39 bits per heavy atom. The van der Waals surface area contributed by atoms with Gasteiger partial charge in [0.15, 0.2) is 5.82 Å². The molecule has 0 aliphatic rings. The average Bonchev–Trinajstić information content (AvgIpc) is 2.90. The zero-order chi connectivity index (χ0) is 13.0. The maximum atomic E-state index is 11.9. The molecule has 0 aliphatic heterocycles. The van der Waals surface area contributed by atoms with Gasteiger partial charge in [-0.2, -0.15) is 5.21 Å². The van der Waals surface area contributed by atoms with Crippen LogP contribution in [-0.2, 0) is 0 Å².